The number of rotatable bonds is 4. The molecule has 2 aromatic rings. The predicted octanol–water partition coefficient (Wildman–Crippen LogP) is -0.0420. The third kappa shape index (κ3) is 2.52. The number of sulfonamides is 1. The quantitative estimate of drug-likeness (QED) is 0.524. The molecule has 0 spiro atoms. The van der Waals surface area contributed by atoms with Gasteiger partial charge in [0.05, 0.1) is 0 Å². The highest BCUT2D eigenvalue weighted by atomic mass is 32.2. The third-order valence-corrected chi connectivity index (χ3v) is 3.35. The molecule has 0 aliphatic carbocycles. The molecule has 9 heteroatoms. The fourth-order valence-corrected chi connectivity index (χ4v) is 2.32. The van der Waals surface area contributed by atoms with Crippen LogP contribution in [0, 0.1) is 0 Å². The Morgan fingerprint density at radius 1 is 1.06 bits per heavy atom. The first-order chi connectivity index (χ1) is 8.63. The Labute approximate surface area is 103 Å². The summed E-state index contributed by atoms with van der Waals surface area (Å²) < 4.78 is 26.3. The van der Waals surface area contributed by atoms with Crippen LogP contribution in [0.4, 0.5) is 11.8 Å². The van der Waals surface area contributed by atoms with Gasteiger partial charge in [-0.2, -0.15) is 0 Å². The molecule has 0 saturated heterocycles. The van der Waals surface area contributed by atoms with E-state index in [1.54, 1.807) is 6.07 Å². The lowest BCUT2D eigenvalue weighted by Crippen LogP contribution is -2.19. The molecule has 0 amide bonds. The van der Waals surface area contributed by atoms with E-state index in [-0.39, 0.29) is 16.7 Å². The summed E-state index contributed by atoms with van der Waals surface area (Å²) in [5, 5.41) is 0. The number of nitrogen functional groups attached to an aromatic ring is 1. The molecule has 0 aliphatic heterocycles. The molecule has 2 aromatic heterocycles. The Morgan fingerprint density at radius 3 is 2.39 bits per heavy atom. The van der Waals surface area contributed by atoms with Crippen LogP contribution < -0.4 is 16.0 Å². The Bertz CT molecular complexity index is 631. The normalized spacial score (nSPS) is 10.9. The van der Waals surface area contributed by atoms with Gasteiger partial charge in [0.2, 0.25) is 5.95 Å². The SMILES string of the molecule is NNc1ncccc1S(=O)(=O)Nc1ncccn1. The van der Waals surface area contributed by atoms with Gasteiger partial charge in [-0.25, -0.2) is 33.9 Å². The highest BCUT2D eigenvalue weighted by molar-refractivity contribution is 7.92. The molecular weight excluding hydrogens is 256 g/mol. The fourth-order valence-electron chi connectivity index (χ4n) is 1.24. The lowest BCUT2D eigenvalue weighted by Gasteiger charge is -2.09. The van der Waals surface area contributed by atoms with Gasteiger partial charge in [-0.3, -0.25) is 0 Å². The fraction of sp³-hybridized carbons (Fsp3) is 0. The van der Waals surface area contributed by atoms with Crippen LogP contribution in [0.2, 0.25) is 0 Å². The van der Waals surface area contributed by atoms with Gasteiger partial charge in [0.25, 0.3) is 10.0 Å². The minimum absolute atomic E-state index is 0.0238. The lowest BCUT2D eigenvalue weighted by molar-refractivity contribution is 0.600. The molecule has 2 rings (SSSR count). The number of pyridine rings is 1. The molecule has 0 bridgehead atoms. The summed E-state index contributed by atoms with van der Waals surface area (Å²) in [7, 11) is -3.84. The second-order valence-corrected chi connectivity index (χ2v) is 4.82. The smallest absolute Gasteiger partial charge is 0.267 e. The summed E-state index contributed by atoms with van der Waals surface area (Å²) in [6.45, 7) is 0. The number of hydrogen-bond donors (Lipinski definition) is 3. The van der Waals surface area contributed by atoms with E-state index in [9.17, 15) is 8.42 Å². The van der Waals surface area contributed by atoms with Crippen LogP contribution in [-0.4, -0.2) is 23.4 Å². The van der Waals surface area contributed by atoms with Crippen molar-refractivity contribution in [3.05, 3.63) is 36.8 Å². The van der Waals surface area contributed by atoms with Crippen molar-refractivity contribution in [1.82, 2.24) is 15.0 Å². The average molecular weight is 266 g/mol. The molecule has 8 nitrogen and oxygen atoms in total. The topological polar surface area (TPSA) is 123 Å². The van der Waals surface area contributed by atoms with Crippen molar-refractivity contribution >= 4 is 21.8 Å². The van der Waals surface area contributed by atoms with Gasteiger partial charge in [0.15, 0.2) is 5.82 Å². The molecule has 0 radical (unpaired) electrons. The van der Waals surface area contributed by atoms with Gasteiger partial charge in [-0.1, -0.05) is 0 Å². The second-order valence-electron chi connectivity index (χ2n) is 3.17. The molecule has 0 aliphatic rings. The maximum atomic E-state index is 12.1. The first-order valence-corrected chi connectivity index (χ1v) is 6.33. The molecule has 0 fully saturated rings. The van der Waals surface area contributed by atoms with Crippen molar-refractivity contribution in [3.8, 4) is 0 Å². The van der Waals surface area contributed by atoms with E-state index in [0.29, 0.717) is 0 Å². The number of hydrogen-bond acceptors (Lipinski definition) is 7. The minimum Gasteiger partial charge on any atom is -0.307 e. The van der Waals surface area contributed by atoms with Crippen LogP contribution in [0.1, 0.15) is 0 Å². The van der Waals surface area contributed by atoms with E-state index in [2.05, 4.69) is 25.1 Å². The maximum Gasteiger partial charge on any atom is 0.267 e. The molecule has 94 valence electrons. The predicted molar refractivity (Wildman–Crippen MR) is 64.9 cm³/mol. The Morgan fingerprint density at radius 2 is 1.72 bits per heavy atom. The molecule has 0 unspecified atom stereocenters. The van der Waals surface area contributed by atoms with Gasteiger partial charge in [-0.15, -0.1) is 0 Å². The van der Waals surface area contributed by atoms with Crippen LogP contribution in [0.3, 0.4) is 0 Å². The maximum absolute atomic E-state index is 12.1. The molecule has 4 N–H and O–H groups in total. The van der Waals surface area contributed by atoms with Crippen molar-refractivity contribution in [3.63, 3.8) is 0 Å². The summed E-state index contributed by atoms with van der Waals surface area (Å²) in [4.78, 5) is 11.3. The summed E-state index contributed by atoms with van der Waals surface area (Å²) >= 11 is 0. The average Bonchev–Trinajstić information content (AvgIpc) is 2.39. The molecule has 18 heavy (non-hydrogen) atoms. The standard InChI is InChI=1S/C9H10N6O2S/c10-14-8-7(3-1-4-11-8)18(16,17)15-9-12-5-2-6-13-9/h1-6H,10H2,(H,11,14)(H,12,13,15). The zero-order valence-corrected chi connectivity index (χ0v) is 9.92. The van der Waals surface area contributed by atoms with Crippen molar-refractivity contribution in [2.24, 2.45) is 5.84 Å². The number of nitrogens with zero attached hydrogens (tertiary/aromatic N) is 3. The summed E-state index contributed by atoms with van der Waals surface area (Å²) in [5.41, 5.74) is 2.22. The van der Waals surface area contributed by atoms with Crippen LogP contribution in [0.25, 0.3) is 0 Å². The lowest BCUT2D eigenvalue weighted by atomic mass is 10.5. The van der Waals surface area contributed by atoms with E-state index in [4.69, 9.17) is 5.84 Å². The van der Waals surface area contributed by atoms with Gasteiger partial charge in [0.1, 0.15) is 4.90 Å². The Kier molecular flexibility index (Phi) is 3.35. The summed E-state index contributed by atoms with van der Waals surface area (Å²) in [5.74, 6) is 5.22. The number of aromatic nitrogens is 3. The van der Waals surface area contributed by atoms with Gasteiger partial charge >= 0.3 is 0 Å². The van der Waals surface area contributed by atoms with Crippen molar-refractivity contribution < 1.29 is 8.42 Å². The largest absolute Gasteiger partial charge is 0.307 e. The first kappa shape index (κ1) is 12.2. The van der Waals surface area contributed by atoms with Crippen LogP contribution in [0.15, 0.2) is 41.7 Å². The van der Waals surface area contributed by atoms with Crippen molar-refractivity contribution in [2.45, 2.75) is 4.90 Å². The third-order valence-electron chi connectivity index (χ3n) is 1.99. The summed E-state index contributed by atoms with van der Waals surface area (Å²) in [6, 6.07) is 4.43. The Hall–Kier alpha value is -2.26. The van der Waals surface area contributed by atoms with E-state index in [1.807, 2.05) is 0 Å². The summed E-state index contributed by atoms with van der Waals surface area (Å²) in [6.07, 6.45) is 4.28. The van der Waals surface area contributed by atoms with Gasteiger partial charge in [0, 0.05) is 18.6 Å². The number of hydrazine groups is 1. The van der Waals surface area contributed by atoms with Crippen LogP contribution in [0.5, 0.6) is 0 Å². The van der Waals surface area contributed by atoms with E-state index in [0.717, 1.165) is 0 Å². The number of nitrogens with one attached hydrogen (secondary N) is 2. The molecule has 2 heterocycles. The van der Waals surface area contributed by atoms with E-state index in [1.165, 1.54) is 30.7 Å². The van der Waals surface area contributed by atoms with E-state index < -0.39 is 10.0 Å². The zero-order valence-electron chi connectivity index (χ0n) is 9.11. The van der Waals surface area contributed by atoms with Crippen LogP contribution in [-0.2, 0) is 10.0 Å². The van der Waals surface area contributed by atoms with Crippen LogP contribution >= 0.6 is 0 Å². The number of nitrogens with two attached hydrogens (primary N) is 1. The highest BCUT2D eigenvalue weighted by Gasteiger charge is 2.19. The molecule has 0 aromatic carbocycles. The molecule has 0 atom stereocenters. The van der Waals surface area contributed by atoms with Crippen molar-refractivity contribution in [1.29, 1.82) is 0 Å². The second kappa shape index (κ2) is 4.94. The first-order valence-electron chi connectivity index (χ1n) is 4.85. The molecule has 0 saturated carbocycles. The van der Waals surface area contributed by atoms with E-state index >= 15 is 0 Å². The molecular formula is C9H10N6O2S. The van der Waals surface area contributed by atoms with Gasteiger partial charge < -0.3 is 5.43 Å². The Balaban J connectivity index is 2.37. The number of anilines is 2. The van der Waals surface area contributed by atoms with Gasteiger partial charge in [-0.05, 0) is 18.2 Å². The zero-order chi connectivity index (χ0) is 13.0. The minimum atomic E-state index is -3.84. The monoisotopic (exact) mass is 266 g/mol. The highest BCUT2D eigenvalue weighted by Crippen LogP contribution is 2.18. The van der Waals surface area contributed by atoms with Crippen molar-refractivity contribution in [2.75, 3.05) is 10.1 Å².